The van der Waals surface area contributed by atoms with Crippen LogP contribution in [0, 0.1) is 6.92 Å². The highest BCUT2D eigenvalue weighted by Crippen LogP contribution is 2.42. The zero-order valence-electron chi connectivity index (χ0n) is 11.5. The average molecular weight is 249 g/mol. The smallest absolute Gasteiger partial charge is 0.119 e. The van der Waals surface area contributed by atoms with Gasteiger partial charge in [0, 0.05) is 7.11 Å². The summed E-state index contributed by atoms with van der Waals surface area (Å²) < 4.78 is 11.0. The van der Waals surface area contributed by atoms with Crippen LogP contribution in [0.4, 0.5) is 0 Å². The van der Waals surface area contributed by atoms with E-state index >= 15 is 0 Å². The van der Waals surface area contributed by atoms with E-state index in [9.17, 15) is 0 Å². The highest BCUT2D eigenvalue weighted by Gasteiger charge is 2.40. The largest absolute Gasteiger partial charge is 0.497 e. The van der Waals surface area contributed by atoms with Gasteiger partial charge in [-0.15, -0.1) is 0 Å². The molecule has 1 atom stereocenters. The Morgan fingerprint density at radius 2 is 1.89 bits per heavy atom. The lowest BCUT2D eigenvalue weighted by molar-refractivity contribution is -0.0265. The van der Waals surface area contributed by atoms with E-state index in [1.165, 1.54) is 24.0 Å². The number of hydrogen-bond donors (Lipinski definition) is 1. The highest BCUT2D eigenvalue weighted by atomic mass is 16.5. The second kappa shape index (κ2) is 5.29. The van der Waals surface area contributed by atoms with E-state index in [4.69, 9.17) is 15.2 Å². The summed E-state index contributed by atoms with van der Waals surface area (Å²) in [5.74, 6) is 0.876. The van der Waals surface area contributed by atoms with Gasteiger partial charge in [-0.2, -0.15) is 0 Å². The van der Waals surface area contributed by atoms with Crippen LogP contribution in [0.1, 0.15) is 42.9 Å². The molecule has 3 heteroatoms. The number of hydrogen-bond acceptors (Lipinski definition) is 3. The van der Waals surface area contributed by atoms with Crippen LogP contribution in [0.5, 0.6) is 5.75 Å². The van der Waals surface area contributed by atoms with Crippen molar-refractivity contribution in [2.75, 3.05) is 14.2 Å². The molecule has 2 N–H and O–H groups in total. The molecule has 0 aromatic heterocycles. The summed E-state index contributed by atoms with van der Waals surface area (Å²) in [6, 6.07) is 6.02. The van der Waals surface area contributed by atoms with Crippen LogP contribution in [0.3, 0.4) is 0 Å². The Balaban J connectivity index is 2.30. The molecule has 1 aromatic carbocycles. The van der Waals surface area contributed by atoms with Gasteiger partial charge in [-0.1, -0.05) is 18.9 Å². The molecule has 18 heavy (non-hydrogen) atoms. The number of nitrogens with two attached hydrogens (primary N) is 1. The predicted octanol–water partition coefficient (Wildman–Crippen LogP) is 2.96. The van der Waals surface area contributed by atoms with E-state index in [0.29, 0.717) is 0 Å². The van der Waals surface area contributed by atoms with Crippen LogP contribution in [0.2, 0.25) is 0 Å². The molecular formula is C15H23NO2. The lowest BCUT2D eigenvalue weighted by atomic mass is 9.85. The molecule has 0 radical (unpaired) electrons. The minimum Gasteiger partial charge on any atom is -0.497 e. The van der Waals surface area contributed by atoms with Crippen molar-refractivity contribution >= 4 is 0 Å². The van der Waals surface area contributed by atoms with Crippen molar-refractivity contribution < 1.29 is 9.47 Å². The summed E-state index contributed by atoms with van der Waals surface area (Å²) in [6.45, 7) is 2.08. The molecule has 1 saturated carbocycles. The number of benzene rings is 1. The number of rotatable bonds is 4. The van der Waals surface area contributed by atoms with Gasteiger partial charge in [-0.3, -0.25) is 0 Å². The molecule has 0 saturated heterocycles. The summed E-state index contributed by atoms with van der Waals surface area (Å²) >= 11 is 0. The highest BCUT2D eigenvalue weighted by molar-refractivity contribution is 5.38. The lowest BCUT2D eigenvalue weighted by Gasteiger charge is -2.35. The lowest BCUT2D eigenvalue weighted by Crippen LogP contribution is -2.40. The van der Waals surface area contributed by atoms with Gasteiger partial charge in [0.05, 0.1) is 18.8 Å². The Labute approximate surface area is 109 Å². The third-order valence-corrected chi connectivity index (χ3v) is 4.24. The Morgan fingerprint density at radius 3 is 2.39 bits per heavy atom. The molecule has 2 rings (SSSR count). The van der Waals surface area contributed by atoms with Gasteiger partial charge >= 0.3 is 0 Å². The monoisotopic (exact) mass is 249 g/mol. The standard InChI is InChI=1S/C15H23NO2/c1-11-10-12(17-2)6-7-13(11)14(16)15(18-3)8-4-5-9-15/h6-7,10,14H,4-5,8-9,16H2,1-3H3. The summed E-state index contributed by atoms with van der Waals surface area (Å²) in [5.41, 5.74) is 8.63. The topological polar surface area (TPSA) is 44.5 Å². The van der Waals surface area contributed by atoms with E-state index in [-0.39, 0.29) is 11.6 Å². The Bertz CT molecular complexity index is 411. The van der Waals surface area contributed by atoms with Crippen LogP contribution in [-0.2, 0) is 4.74 Å². The molecule has 0 heterocycles. The summed E-state index contributed by atoms with van der Waals surface area (Å²) in [7, 11) is 3.46. The maximum absolute atomic E-state index is 6.47. The van der Waals surface area contributed by atoms with Gasteiger partial charge in [-0.05, 0) is 43.0 Å². The van der Waals surface area contributed by atoms with Gasteiger partial charge in [0.2, 0.25) is 0 Å². The third kappa shape index (κ3) is 2.25. The van der Waals surface area contributed by atoms with Crippen LogP contribution < -0.4 is 10.5 Å². The molecular weight excluding hydrogens is 226 g/mol. The maximum Gasteiger partial charge on any atom is 0.119 e. The van der Waals surface area contributed by atoms with Gasteiger partial charge in [-0.25, -0.2) is 0 Å². The SMILES string of the molecule is COc1ccc(C(N)C2(OC)CCCC2)c(C)c1. The van der Waals surface area contributed by atoms with Crippen molar-refractivity contribution in [1.29, 1.82) is 0 Å². The Kier molecular flexibility index (Phi) is 3.93. The van der Waals surface area contributed by atoms with E-state index in [2.05, 4.69) is 13.0 Å². The van der Waals surface area contributed by atoms with Crippen LogP contribution in [-0.4, -0.2) is 19.8 Å². The molecule has 1 aliphatic carbocycles. The van der Waals surface area contributed by atoms with Crippen molar-refractivity contribution in [3.05, 3.63) is 29.3 Å². The number of ether oxygens (including phenoxy) is 2. The quantitative estimate of drug-likeness (QED) is 0.892. The van der Waals surface area contributed by atoms with E-state index in [1.807, 2.05) is 12.1 Å². The molecule has 0 spiro atoms. The molecule has 1 fully saturated rings. The molecule has 1 aliphatic rings. The summed E-state index contributed by atoms with van der Waals surface area (Å²) in [5, 5.41) is 0. The van der Waals surface area contributed by atoms with E-state index < -0.39 is 0 Å². The maximum atomic E-state index is 6.47. The van der Waals surface area contributed by atoms with Gasteiger partial charge in [0.1, 0.15) is 5.75 Å². The fourth-order valence-electron chi connectivity index (χ4n) is 3.02. The first-order valence-corrected chi connectivity index (χ1v) is 6.58. The summed E-state index contributed by atoms with van der Waals surface area (Å²) in [4.78, 5) is 0. The fraction of sp³-hybridized carbons (Fsp3) is 0.600. The van der Waals surface area contributed by atoms with Crippen molar-refractivity contribution in [3.8, 4) is 5.75 Å². The molecule has 1 unspecified atom stereocenters. The van der Waals surface area contributed by atoms with Gasteiger partial charge in [0.25, 0.3) is 0 Å². The van der Waals surface area contributed by atoms with Gasteiger partial charge < -0.3 is 15.2 Å². The first kappa shape index (κ1) is 13.4. The van der Waals surface area contributed by atoms with Crippen molar-refractivity contribution in [1.82, 2.24) is 0 Å². The normalized spacial score (nSPS) is 19.8. The molecule has 0 bridgehead atoms. The van der Waals surface area contributed by atoms with Crippen molar-refractivity contribution in [2.45, 2.75) is 44.2 Å². The fourth-order valence-corrected chi connectivity index (χ4v) is 3.02. The molecule has 1 aromatic rings. The second-order valence-electron chi connectivity index (χ2n) is 5.18. The average Bonchev–Trinajstić information content (AvgIpc) is 2.87. The minimum absolute atomic E-state index is 0.0593. The molecule has 100 valence electrons. The first-order valence-electron chi connectivity index (χ1n) is 6.58. The second-order valence-corrected chi connectivity index (χ2v) is 5.18. The third-order valence-electron chi connectivity index (χ3n) is 4.24. The Hall–Kier alpha value is -1.06. The Morgan fingerprint density at radius 1 is 1.22 bits per heavy atom. The zero-order chi connectivity index (χ0) is 13.2. The zero-order valence-corrected chi connectivity index (χ0v) is 11.5. The van der Waals surface area contributed by atoms with Crippen LogP contribution in [0.15, 0.2) is 18.2 Å². The number of aryl methyl sites for hydroxylation is 1. The molecule has 0 aliphatic heterocycles. The van der Waals surface area contributed by atoms with Crippen LogP contribution >= 0.6 is 0 Å². The molecule has 0 amide bonds. The van der Waals surface area contributed by atoms with Gasteiger partial charge in [0.15, 0.2) is 0 Å². The predicted molar refractivity (Wildman–Crippen MR) is 72.9 cm³/mol. The first-order chi connectivity index (χ1) is 8.63. The number of methoxy groups -OCH3 is 2. The molecule has 3 nitrogen and oxygen atoms in total. The summed E-state index contributed by atoms with van der Waals surface area (Å²) in [6.07, 6.45) is 4.51. The van der Waals surface area contributed by atoms with Crippen LogP contribution in [0.25, 0.3) is 0 Å². The van der Waals surface area contributed by atoms with E-state index in [0.717, 1.165) is 18.6 Å². The van der Waals surface area contributed by atoms with Crippen molar-refractivity contribution in [2.24, 2.45) is 5.73 Å². The van der Waals surface area contributed by atoms with Crippen molar-refractivity contribution in [3.63, 3.8) is 0 Å². The minimum atomic E-state index is -0.181. The van der Waals surface area contributed by atoms with E-state index in [1.54, 1.807) is 14.2 Å².